The zero-order valence-electron chi connectivity index (χ0n) is 9.99. The predicted octanol–water partition coefficient (Wildman–Crippen LogP) is 2.42. The van der Waals surface area contributed by atoms with Gasteiger partial charge in [-0.15, -0.1) is 11.8 Å². The van der Waals surface area contributed by atoms with Gasteiger partial charge in [-0.3, -0.25) is 0 Å². The van der Waals surface area contributed by atoms with Crippen LogP contribution in [0, 0.1) is 0 Å². The molecule has 0 aliphatic carbocycles. The van der Waals surface area contributed by atoms with Crippen molar-refractivity contribution in [3.63, 3.8) is 0 Å². The molecule has 0 saturated carbocycles. The Morgan fingerprint density at radius 1 is 1.19 bits per heavy atom. The van der Waals surface area contributed by atoms with E-state index in [1.807, 2.05) is 11.8 Å². The molecule has 1 aliphatic heterocycles. The van der Waals surface area contributed by atoms with E-state index in [2.05, 4.69) is 48.7 Å². The number of thioether (sulfide) groups is 1. The minimum Gasteiger partial charge on any atom is -0.311 e. The SMILES string of the molecule is CCSc1ccc(C2NCCNC2C)cc1. The van der Waals surface area contributed by atoms with Gasteiger partial charge in [-0.25, -0.2) is 0 Å². The molecule has 0 spiro atoms. The number of hydrogen-bond acceptors (Lipinski definition) is 3. The fraction of sp³-hybridized carbons (Fsp3) is 0.538. The maximum absolute atomic E-state index is 3.57. The van der Waals surface area contributed by atoms with Crippen LogP contribution in [0.15, 0.2) is 29.2 Å². The highest BCUT2D eigenvalue weighted by atomic mass is 32.2. The van der Waals surface area contributed by atoms with Crippen LogP contribution in [0.4, 0.5) is 0 Å². The zero-order valence-corrected chi connectivity index (χ0v) is 10.8. The summed E-state index contributed by atoms with van der Waals surface area (Å²) < 4.78 is 0. The van der Waals surface area contributed by atoms with Gasteiger partial charge in [0.05, 0.1) is 0 Å². The second kappa shape index (κ2) is 5.71. The largest absolute Gasteiger partial charge is 0.311 e. The highest BCUT2D eigenvalue weighted by Crippen LogP contribution is 2.23. The summed E-state index contributed by atoms with van der Waals surface area (Å²) in [6.45, 7) is 6.56. The number of nitrogens with one attached hydrogen (secondary N) is 2. The van der Waals surface area contributed by atoms with Gasteiger partial charge in [-0.05, 0) is 30.4 Å². The van der Waals surface area contributed by atoms with Gasteiger partial charge in [-0.2, -0.15) is 0 Å². The van der Waals surface area contributed by atoms with Crippen molar-refractivity contribution in [2.24, 2.45) is 0 Å². The second-order valence-corrected chi connectivity index (χ2v) is 5.51. The van der Waals surface area contributed by atoms with E-state index in [-0.39, 0.29) is 0 Å². The van der Waals surface area contributed by atoms with Crippen LogP contribution in [-0.4, -0.2) is 24.9 Å². The van der Waals surface area contributed by atoms with Crippen LogP contribution in [0.25, 0.3) is 0 Å². The first-order valence-electron chi connectivity index (χ1n) is 6.01. The minimum absolute atomic E-state index is 0.453. The highest BCUT2D eigenvalue weighted by molar-refractivity contribution is 7.99. The standard InChI is InChI=1S/C13H20N2S/c1-3-16-12-6-4-11(5-7-12)13-10(2)14-8-9-15-13/h4-7,10,13-15H,3,8-9H2,1-2H3. The van der Waals surface area contributed by atoms with Gasteiger partial charge in [0.2, 0.25) is 0 Å². The van der Waals surface area contributed by atoms with Gasteiger partial charge in [0.25, 0.3) is 0 Å². The van der Waals surface area contributed by atoms with Crippen LogP contribution in [-0.2, 0) is 0 Å². The summed E-state index contributed by atoms with van der Waals surface area (Å²) in [4.78, 5) is 1.36. The normalized spacial score (nSPS) is 25.6. The molecule has 2 unspecified atom stereocenters. The molecular weight excluding hydrogens is 216 g/mol. The maximum Gasteiger partial charge on any atom is 0.0473 e. The third-order valence-corrected chi connectivity index (χ3v) is 3.90. The Morgan fingerprint density at radius 3 is 2.50 bits per heavy atom. The second-order valence-electron chi connectivity index (χ2n) is 4.18. The van der Waals surface area contributed by atoms with E-state index in [1.165, 1.54) is 10.5 Å². The highest BCUT2D eigenvalue weighted by Gasteiger charge is 2.21. The average molecular weight is 236 g/mol. The molecule has 0 bridgehead atoms. The Hall–Kier alpha value is -0.510. The van der Waals surface area contributed by atoms with Crippen molar-refractivity contribution in [1.29, 1.82) is 0 Å². The van der Waals surface area contributed by atoms with Gasteiger partial charge < -0.3 is 10.6 Å². The number of piperazine rings is 1. The molecule has 1 aromatic carbocycles. The van der Waals surface area contributed by atoms with Crippen LogP contribution < -0.4 is 10.6 Å². The maximum atomic E-state index is 3.57. The van der Waals surface area contributed by atoms with Crippen LogP contribution in [0.1, 0.15) is 25.5 Å². The van der Waals surface area contributed by atoms with Crippen molar-refractivity contribution in [2.45, 2.75) is 30.8 Å². The molecule has 3 heteroatoms. The molecule has 1 aromatic rings. The average Bonchev–Trinajstić information content (AvgIpc) is 2.31. The van der Waals surface area contributed by atoms with E-state index in [1.54, 1.807) is 0 Å². The predicted molar refractivity (Wildman–Crippen MR) is 71.0 cm³/mol. The molecule has 1 heterocycles. The fourth-order valence-electron chi connectivity index (χ4n) is 2.17. The van der Waals surface area contributed by atoms with Crippen LogP contribution in [0.2, 0.25) is 0 Å². The van der Waals surface area contributed by atoms with E-state index in [0.29, 0.717) is 12.1 Å². The minimum atomic E-state index is 0.453. The van der Waals surface area contributed by atoms with E-state index >= 15 is 0 Å². The molecular formula is C13H20N2S. The smallest absolute Gasteiger partial charge is 0.0473 e. The van der Waals surface area contributed by atoms with Crippen molar-refractivity contribution >= 4 is 11.8 Å². The van der Waals surface area contributed by atoms with Crippen LogP contribution in [0.3, 0.4) is 0 Å². The van der Waals surface area contributed by atoms with Gasteiger partial charge in [0.15, 0.2) is 0 Å². The Bertz CT molecular complexity index is 323. The van der Waals surface area contributed by atoms with E-state index in [0.717, 1.165) is 18.8 Å². The lowest BCUT2D eigenvalue weighted by molar-refractivity contribution is 0.345. The zero-order chi connectivity index (χ0) is 11.4. The molecule has 1 saturated heterocycles. The summed E-state index contributed by atoms with van der Waals surface area (Å²) in [5.74, 6) is 1.14. The topological polar surface area (TPSA) is 24.1 Å². The Kier molecular flexibility index (Phi) is 4.27. The summed E-state index contributed by atoms with van der Waals surface area (Å²) in [5, 5.41) is 7.07. The fourth-order valence-corrected chi connectivity index (χ4v) is 2.83. The Morgan fingerprint density at radius 2 is 1.88 bits per heavy atom. The molecule has 2 N–H and O–H groups in total. The van der Waals surface area contributed by atoms with Gasteiger partial charge in [-0.1, -0.05) is 19.1 Å². The van der Waals surface area contributed by atoms with Crippen LogP contribution >= 0.6 is 11.8 Å². The molecule has 16 heavy (non-hydrogen) atoms. The van der Waals surface area contributed by atoms with Gasteiger partial charge >= 0.3 is 0 Å². The van der Waals surface area contributed by atoms with Crippen molar-refractivity contribution in [3.8, 4) is 0 Å². The number of hydrogen-bond donors (Lipinski definition) is 2. The van der Waals surface area contributed by atoms with Crippen molar-refractivity contribution < 1.29 is 0 Å². The van der Waals surface area contributed by atoms with E-state index in [9.17, 15) is 0 Å². The first-order chi connectivity index (χ1) is 7.81. The molecule has 0 amide bonds. The third kappa shape index (κ3) is 2.78. The number of benzene rings is 1. The summed E-state index contributed by atoms with van der Waals surface area (Å²) in [6, 6.07) is 9.92. The van der Waals surface area contributed by atoms with E-state index < -0.39 is 0 Å². The summed E-state index contributed by atoms with van der Waals surface area (Å²) in [7, 11) is 0. The van der Waals surface area contributed by atoms with Crippen molar-refractivity contribution in [1.82, 2.24) is 10.6 Å². The molecule has 0 radical (unpaired) electrons. The molecule has 88 valence electrons. The Labute approximate surface area is 102 Å². The summed E-state index contributed by atoms with van der Waals surface area (Å²) in [5.41, 5.74) is 1.39. The first-order valence-corrected chi connectivity index (χ1v) is 6.99. The van der Waals surface area contributed by atoms with Crippen molar-refractivity contribution in [3.05, 3.63) is 29.8 Å². The third-order valence-electron chi connectivity index (χ3n) is 3.01. The molecule has 1 fully saturated rings. The van der Waals surface area contributed by atoms with Crippen molar-refractivity contribution in [2.75, 3.05) is 18.8 Å². The van der Waals surface area contributed by atoms with Gasteiger partial charge in [0, 0.05) is 30.1 Å². The van der Waals surface area contributed by atoms with Crippen LogP contribution in [0.5, 0.6) is 0 Å². The lowest BCUT2D eigenvalue weighted by Crippen LogP contribution is -2.48. The lowest BCUT2D eigenvalue weighted by Gasteiger charge is -2.31. The molecule has 0 aromatic heterocycles. The Balaban J connectivity index is 2.08. The molecule has 2 nitrogen and oxygen atoms in total. The van der Waals surface area contributed by atoms with Gasteiger partial charge in [0.1, 0.15) is 0 Å². The molecule has 2 atom stereocenters. The quantitative estimate of drug-likeness (QED) is 0.788. The molecule has 1 aliphatic rings. The lowest BCUT2D eigenvalue weighted by atomic mass is 9.99. The monoisotopic (exact) mass is 236 g/mol. The first kappa shape index (κ1) is 12.0. The summed E-state index contributed by atoms with van der Waals surface area (Å²) >= 11 is 1.90. The number of rotatable bonds is 3. The summed E-state index contributed by atoms with van der Waals surface area (Å²) in [6.07, 6.45) is 0. The van der Waals surface area contributed by atoms with E-state index in [4.69, 9.17) is 0 Å². The molecule has 2 rings (SSSR count).